The molecule has 3 aromatic rings. The standard InChI is InChI=1S/C23H21Cl2N3O4/c1-3-32-22(29)17-12-28(23(30)27-19-7-4-13(24)10-18(19)25)9-8-16-15-6-5-14(31-2)11-20(15)26-21(16)17/h4-7,10-12,26H,3,8-9H2,1-2H3,(H,27,30). The number of esters is 1. The number of methoxy groups -OCH3 is 1. The van der Waals surface area contributed by atoms with Gasteiger partial charge in [0.2, 0.25) is 0 Å². The number of hydrogen-bond acceptors (Lipinski definition) is 4. The van der Waals surface area contributed by atoms with Crippen LogP contribution in [0.25, 0.3) is 16.5 Å². The van der Waals surface area contributed by atoms with Crippen LogP contribution in [0, 0.1) is 0 Å². The zero-order valence-corrected chi connectivity index (χ0v) is 19.0. The molecular weight excluding hydrogens is 453 g/mol. The highest BCUT2D eigenvalue weighted by atomic mass is 35.5. The Balaban J connectivity index is 1.72. The second-order valence-corrected chi connectivity index (χ2v) is 7.99. The number of hydrogen-bond donors (Lipinski definition) is 2. The number of H-pyrrole nitrogens is 1. The number of urea groups is 1. The molecule has 1 aliphatic heterocycles. The normalized spacial score (nSPS) is 13.2. The van der Waals surface area contributed by atoms with E-state index in [1.165, 1.54) is 11.1 Å². The van der Waals surface area contributed by atoms with E-state index >= 15 is 0 Å². The average Bonchev–Trinajstić information content (AvgIpc) is 3.01. The molecule has 4 rings (SSSR count). The summed E-state index contributed by atoms with van der Waals surface area (Å²) in [5, 5.41) is 4.51. The van der Waals surface area contributed by atoms with Gasteiger partial charge in [-0.05, 0) is 49.2 Å². The summed E-state index contributed by atoms with van der Waals surface area (Å²) in [7, 11) is 1.60. The van der Waals surface area contributed by atoms with Crippen LogP contribution in [0.2, 0.25) is 10.0 Å². The Morgan fingerprint density at radius 1 is 1.19 bits per heavy atom. The lowest BCUT2D eigenvalue weighted by atomic mass is 10.0. The minimum Gasteiger partial charge on any atom is -0.497 e. The van der Waals surface area contributed by atoms with E-state index in [1.807, 2.05) is 18.2 Å². The maximum absolute atomic E-state index is 13.0. The van der Waals surface area contributed by atoms with Gasteiger partial charge in [0.15, 0.2) is 0 Å². The van der Waals surface area contributed by atoms with Crippen molar-refractivity contribution in [1.82, 2.24) is 9.88 Å². The Morgan fingerprint density at radius 3 is 2.72 bits per heavy atom. The molecule has 166 valence electrons. The summed E-state index contributed by atoms with van der Waals surface area (Å²) in [6, 6.07) is 10.1. The van der Waals surface area contributed by atoms with Crippen LogP contribution < -0.4 is 10.1 Å². The molecule has 2 amide bonds. The van der Waals surface area contributed by atoms with Gasteiger partial charge in [0.25, 0.3) is 0 Å². The highest BCUT2D eigenvalue weighted by Gasteiger charge is 2.27. The molecule has 0 unspecified atom stereocenters. The van der Waals surface area contributed by atoms with Gasteiger partial charge in [-0.15, -0.1) is 0 Å². The molecule has 0 saturated carbocycles. The number of carbonyl (C=O) groups excluding carboxylic acids is 2. The molecule has 0 saturated heterocycles. The number of nitrogens with one attached hydrogen (secondary N) is 2. The molecule has 7 nitrogen and oxygen atoms in total. The predicted octanol–water partition coefficient (Wildman–Crippen LogP) is 5.48. The van der Waals surface area contributed by atoms with Gasteiger partial charge >= 0.3 is 12.0 Å². The topological polar surface area (TPSA) is 83.7 Å². The summed E-state index contributed by atoms with van der Waals surface area (Å²) in [5.74, 6) is 0.188. The van der Waals surface area contributed by atoms with E-state index in [2.05, 4.69) is 10.3 Å². The third-order valence-corrected chi connectivity index (χ3v) is 5.75. The van der Waals surface area contributed by atoms with E-state index in [4.69, 9.17) is 32.7 Å². The van der Waals surface area contributed by atoms with Crippen molar-refractivity contribution in [2.75, 3.05) is 25.6 Å². The third-order valence-electron chi connectivity index (χ3n) is 5.20. The number of aromatic amines is 1. The number of benzene rings is 2. The minimum atomic E-state index is -0.517. The van der Waals surface area contributed by atoms with Crippen molar-refractivity contribution in [2.45, 2.75) is 13.3 Å². The largest absolute Gasteiger partial charge is 0.497 e. The van der Waals surface area contributed by atoms with Crippen molar-refractivity contribution < 1.29 is 19.1 Å². The second-order valence-electron chi connectivity index (χ2n) is 7.15. The Labute approximate surface area is 194 Å². The van der Waals surface area contributed by atoms with Crippen molar-refractivity contribution in [3.63, 3.8) is 0 Å². The maximum atomic E-state index is 13.0. The maximum Gasteiger partial charge on any atom is 0.341 e. The Kier molecular flexibility index (Phi) is 6.30. The molecule has 2 aromatic carbocycles. The summed E-state index contributed by atoms with van der Waals surface area (Å²) >= 11 is 12.1. The lowest BCUT2D eigenvalue weighted by Crippen LogP contribution is -2.32. The Bertz CT molecular complexity index is 1240. The van der Waals surface area contributed by atoms with Crippen LogP contribution in [0.5, 0.6) is 5.75 Å². The van der Waals surface area contributed by atoms with Gasteiger partial charge < -0.3 is 19.8 Å². The van der Waals surface area contributed by atoms with Crippen LogP contribution in [0.15, 0.2) is 42.6 Å². The van der Waals surface area contributed by atoms with Crippen LogP contribution in [0.4, 0.5) is 10.5 Å². The molecule has 0 bridgehead atoms. The van der Waals surface area contributed by atoms with E-state index in [0.717, 1.165) is 16.5 Å². The SMILES string of the molecule is CCOC(=O)C1=CN(C(=O)Nc2ccc(Cl)cc2Cl)CCc2c1[nH]c1cc(OC)ccc21. The third kappa shape index (κ3) is 4.26. The minimum absolute atomic E-state index is 0.214. The van der Waals surface area contributed by atoms with Gasteiger partial charge in [0.05, 0.1) is 35.7 Å². The first-order valence-corrected chi connectivity index (χ1v) is 10.8. The number of halogens is 2. The van der Waals surface area contributed by atoms with Crippen molar-refractivity contribution in [1.29, 1.82) is 0 Å². The smallest absolute Gasteiger partial charge is 0.341 e. The fourth-order valence-electron chi connectivity index (χ4n) is 3.67. The van der Waals surface area contributed by atoms with Gasteiger partial charge in [-0.25, -0.2) is 9.59 Å². The molecule has 1 aliphatic rings. The van der Waals surface area contributed by atoms with Gasteiger partial charge in [-0.1, -0.05) is 23.2 Å². The summed E-state index contributed by atoms with van der Waals surface area (Å²) in [6.07, 6.45) is 2.04. The van der Waals surface area contributed by atoms with Crippen LogP contribution in [0.3, 0.4) is 0 Å². The Hall–Kier alpha value is -3.16. The van der Waals surface area contributed by atoms with Crippen LogP contribution in [-0.2, 0) is 16.0 Å². The van der Waals surface area contributed by atoms with E-state index < -0.39 is 12.0 Å². The number of carbonyl (C=O) groups is 2. The first kappa shape index (κ1) is 22.0. The van der Waals surface area contributed by atoms with E-state index in [-0.39, 0.29) is 12.2 Å². The fraction of sp³-hybridized carbons (Fsp3) is 0.217. The van der Waals surface area contributed by atoms with Gasteiger partial charge in [-0.3, -0.25) is 4.90 Å². The molecule has 2 heterocycles. The molecule has 0 atom stereocenters. The molecule has 0 fully saturated rings. The highest BCUT2D eigenvalue weighted by Crippen LogP contribution is 2.33. The molecule has 0 spiro atoms. The Morgan fingerprint density at radius 2 is 2.00 bits per heavy atom. The predicted molar refractivity (Wildman–Crippen MR) is 125 cm³/mol. The average molecular weight is 474 g/mol. The van der Waals surface area contributed by atoms with Gasteiger partial charge in [0.1, 0.15) is 5.75 Å². The quantitative estimate of drug-likeness (QED) is 0.491. The van der Waals surface area contributed by atoms with Crippen molar-refractivity contribution >= 4 is 57.4 Å². The molecule has 9 heteroatoms. The van der Waals surface area contributed by atoms with E-state index in [1.54, 1.807) is 32.2 Å². The van der Waals surface area contributed by atoms with Crippen molar-refractivity contribution in [2.24, 2.45) is 0 Å². The number of amides is 2. The molecular formula is C23H21Cl2N3O4. The summed E-state index contributed by atoms with van der Waals surface area (Å²) < 4.78 is 10.6. The molecule has 0 radical (unpaired) electrons. The van der Waals surface area contributed by atoms with Crippen LogP contribution in [-0.4, -0.2) is 42.1 Å². The van der Waals surface area contributed by atoms with Crippen LogP contribution in [0.1, 0.15) is 18.2 Å². The first-order valence-electron chi connectivity index (χ1n) is 10.0. The summed E-state index contributed by atoms with van der Waals surface area (Å²) in [4.78, 5) is 30.6. The number of rotatable bonds is 4. The lowest BCUT2D eigenvalue weighted by Gasteiger charge is -2.19. The highest BCUT2D eigenvalue weighted by molar-refractivity contribution is 6.36. The van der Waals surface area contributed by atoms with Crippen LogP contribution >= 0.6 is 23.2 Å². The molecule has 0 aliphatic carbocycles. The van der Waals surface area contributed by atoms with Gasteiger partial charge in [0, 0.05) is 34.7 Å². The second kappa shape index (κ2) is 9.14. The fourth-order valence-corrected chi connectivity index (χ4v) is 4.13. The number of nitrogens with zero attached hydrogens (tertiary/aromatic N) is 1. The zero-order chi connectivity index (χ0) is 22.8. The molecule has 32 heavy (non-hydrogen) atoms. The van der Waals surface area contributed by atoms with Gasteiger partial charge in [-0.2, -0.15) is 0 Å². The van der Waals surface area contributed by atoms with Crippen molar-refractivity contribution in [3.05, 3.63) is 63.9 Å². The molecule has 2 N–H and O–H groups in total. The molecule has 1 aromatic heterocycles. The summed E-state index contributed by atoms with van der Waals surface area (Å²) in [6.45, 7) is 2.30. The van der Waals surface area contributed by atoms with Crippen molar-refractivity contribution in [3.8, 4) is 5.75 Å². The van der Waals surface area contributed by atoms with E-state index in [9.17, 15) is 9.59 Å². The zero-order valence-electron chi connectivity index (χ0n) is 17.5. The number of ether oxygens (including phenoxy) is 2. The number of anilines is 1. The van der Waals surface area contributed by atoms with E-state index in [0.29, 0.717) is 40.1 Å². The first-order chi connectivity index (χ1) is 15.4. The summed E-state index contributed by atoms with van der Waals surface area (Å²) in [5.41, 5.74) is 3.10. The number of fused-ring (bicyclic) bond motifs is 3. The lowest BCUT2D eigenvalue weighted by molar-refractivity contribution is -0.136. The monoisotopic (exact) mass is 473 g/mol. The number of aromatic nitrogens is 1.